The Morgan fingerprint density at radius 1 is 1.83 bits per heavy atom. The Balaban J connectivity index is -0.00000000750. The second-order valence-electron chi connectivity index (χ2n) is 0.238. The van der Waals surface area contributed by atoms with Crippen LogP contribution < -0.4 is 0 Å². The van der Waals surface area contributed by atoms with Gasteiger partial charge in [0.15, 0.2) is 0 Å². The van der Waals surface area contributed by atoms with Crippen molar-refractivity contribution in [3.8, 4) is 0 Å². The van der Waals surface area contributed by atoms with Crippen molar-refractivity contribution < 1.29 is 48.7 Å². The van der Waals surface area contributed by atoms with Gasteiger partial charge in [0, 0.05) is 35.6 Å². The maximum atomic E-state index is 8.36. The van der Waals surface area contributed by atoms with E-state index in [1.54, 1.807) is 0 Å². The molecule has 0 aromatic heterocycles. The first-order valence-corrected chi connectivity index (χ1v) is 0.565. The molecule has 0 heterocycles. The molecule has 1 radical (unpaired) electrons. The van der Waals surface area contributed by atoms with Crippen LogP contribution in [0.5, 0.6) is 0 Å². The Morgan fingerprint density at radius 3 is 1.83 bits per heavy atom. The van der Waals surface area contributed by atoms with E-state index in [1.807, 2.05) is 0 Å². The molecule has 6 heavy (non-hydrogen) atoms. The maximum Gasteiger partial charge on any atom is 2.00 e. The van der Waals surface area contributed by atoms with Crippen molar-refractivity contribution in [3.05, 3.63) is 10.1 Å². The van der Waals surface area contributed by atoms with Gasteiger partial charge in [-0.25, -0.2) is 0 Å². The standard InChI is InChI=1S/Ca.La.HNO3.2H/c;;2-1(3)4;;/h;;(H,2,3,4);;/q+2;;;2*-1. The molecule has 0 aliphatic heterocycles. The third-order valence-electron chi connectivity index (χ3n) is 0. The zero-order valence-corrected chi connectivity index (χ0v) is 8.83. The van der Waals surface area contributed by atoms with Crippen LogP contribution in [0.2, 0.25) is 0 Å². The molecule has 0 unspecified atom stereocenters. The SMILES string of the molecule is O=[N+]([O-])O.[Ca+2].[H-].[H-].[La]. The quantitative estimate of drug-likeness (QED) is 0.355. The summed E-state index contributed by atoms with van der Waals surface area (Å²) in [6.07, 6.45) is 0. The minimum Gasteiger partial charge on any atom is -1.00 e. The molecule has 31 valence electrons. The van der Waals surface area contributed by atoms with Crippen LogP contribution in [-0.2, 0) is 0 Å². The van der Waals surface area contributed by atoms with Gasteiger partial charge in [-0.1, -0.05) is 0 Å². The molecule has 0 amide bonds. The Labute approximate surface area is 95.0 Å². The van der Waals surface area contributed by atoms with Crippen molar-refractivity contribution in [1.29, 1.82) is 0 Å². The summed E-state index contributed by atoms with van der Waals surface area (Å²) in [6.45, 7) is 0. The van der Waals surface area contributed by atoms with Gasteiger partial charge in [-0.2, -0.15) is 0 Å². The Hall–Kier alpha value is 1.65. The van der Waals surface area contributed by atoms with Gasteiger partial charge >= 0.3 is 37.7 Å². The predicted molar refractivity (Wildman–Crippen MR) is 16.8 cm³/mol. The molecule has 1 N–H and O–H groups in total. The van der Waals surface area contributed by atoms with Crippen LogP contribution in [0.4, 0.5) is 0 Å². The van der Waals surface area contributed by atoms with Crippen LogP contribution in [0, 0.1) is 45.7 Å². The van der Waals surface area contributed by atoms with Crippen molar-refractivity contribution in [2.45, 2.75) is 0 Å². The smallest absolute Gasteiger partial charge is 1.00 e. The topological polar surface area (TPSA) is 63.4 Å². The average Bonchev–Trinajstić information content (AvgIpc) is 0.811. The average molecular weight is 244 g/mol. The first kappa shape index (κ1) is 15.6. The fraction of sp³-hybridized carbons (Fsp3) is 0. The number of rotatable bonds is 0. The molecule has 0 aromatic carbocycles. The van der Waals surface area contributed by atoms with E-state index >= 15 is 0 Å². The van der Waals surface area contributed by atoms with Crippen molar-refractivity contribution >= 4 is 37.7 Å². The molecule has 0 fully saturated rings. The molecule has 0 aromatic rings. The molecule has 0 aliphatic rings. The van der Waals surface area contributed by atoms with Crippen LogP contribution in [0.15, 0.2) is 0 Å². The largest absolute Gasteiger partial charge is 2.00 e. The minimum atomic E-state index is -1.50. The molecular weight excluding hydrogens is 241 g/mol. The monoisotopic (exact) mass is 244 g/mol. The summed E-state index contributed by atoms with van der Waals surface area (Å²) >= 11 is 0. The summed E-state index contributed by atoms with van der Waals surface area (Å²) in [5, 5.41) is 13.6. The van der Waals surface area contributed by atoms with Gasteiger partial charge in [0.2, 0.25) is 0 Å². The van der Waals surface area contributed by atoms with Gasteiger partial charge in [0.25, 0.3) is 5.09 Å². The Kier molecular flexibility index (Phi) is 25.6. The summed E-state index contributed by atoms with van der Waals surface area (Å²) in [7, 11) is 0. The molecule has 4 nitrogen and oxygen atoms in total. The molecule has 0 rings (SSSR count). The molecule has 0 aliphatic carbocycles. The summed E-state index contributed by atoms with van der Waals surface area (Å²) < 4.78 is 0. The van der Waals surface area contributed by atoms with Crippen LogP contribution in [-0.4, -0.2) is 48.0 Å². The molecule has 0 saturated carbocycles. The van der Waals surface area contributed by atoms with Crippen molar-refractivity contribution in [3.63, 3.8) is 0 Å². The van der Waals surface area contributed by atoms with E-state index in [-0.39, 0.29) is 76.2 Å². The summed E-state index contributed by atoms with van der Waals surface area (Å²) in [6, 6.07) is 0. The second kappa shape index (κ2) is 9.82. The van der Waals surface area contributed by atoms with Gasteiger partial charge < -0.3 is 8.06 Å². The van der Waals surface area contributed by atoms with E-state index in [1.165, 1.54) is 0 Å². The minimum absolute atomic E-state index is 0. The van der Waals surface area contributed by atoms with E-state index in [4.69, 9.17) is 15.3 Å². The first-order chi connectivity index (χ1) is 1.73. The van der Waals surface area contributed by atoms with E-state index < -0.39 is 5.09 Å². The molecule has 6 heteroatoms. The van der Waals surface area contributed by atoms with E-state index in [0.717, 1.165) is 0 Å². The van der Waals surface area contributed by atoms with Gasteiger partial charge in [-0.05, 0) is 0 Å². The van der Waals surface area contributed by atoms with E-state index in [2.05, 4.69) is 0 Å². The third kappa shape index (κ3) is 44.8. The Morgan fingerprint density at radius 2 is 1.83 bits per heavy atom. The normalized spacial score (nSPS) is 4.00. The van der Waals surface area contributed by atoms with Gasteiger partial charge in [0.05, 0.1) is 0 Å². The number of nitrogens with zero attached hydrogens (tertiary/aromatic N) is 1. The summed E-state index contributed by atoms with van der Waals surface area (Å²) in [5.41, 5.74) is 0. The second-order valence-corrected chi connectivity index (χ2v) is 0.238. The van der Waals surface area contributed by atoms with Crippen molar-refractivity contribution in [1.82, 2.24) is 0 Å². The molecule has 0 saturated heterocycles. The molecule has 0 spiro atoms. The predicted octanol–water partition coefficient (Wildman–Crippen LogP) is -0.504. The van der Waals surface area contributed by atoms with E-state index in [0.29, 0.717) is 0 Å². The summed E-state index contributed by atoms with van der Waals surface area (Å²) in [4.78, 5) is 8.36. The zero-order chi connectivity index (χ0) is 3.58. The van der Waals surface area contributed by atoms with Crippen LogP contribution in [0.3, 0.4) is 0 Å². The van der Waals surface area contributed by atoms with E-state index in [9.17, 15) is 0 Å². The first-order valence-electron chi connectivity index (χ1n) is 0.565. The zero-order valence-electron chi connectivity index (χ0n) is 5.00. The van der Waals surface area contributed by atoms with Crippen LogP contribution >= 0.6 is 0 Å². The third-order valence-corrected chi connectivity index (χ3v) is 0. The van der Waals surface area contributed by atoms with Crippen molar-refractivity contribution in [2.24, 2.45) is 0 Å². The Bertz CT molecular complexity index is 40.3. The number of hydrogen-bond donors (Lipinski definition) is 1. The summed E-state index contributed by atoms with van der Waals surface area (Å²) in [5.74, 6) is 0. The fourth-order valence-corrected chi connectivity index (χ4v) is 0. The number of hydrogen-bond acceptors (Lipinski definition) is 2. The van der Waals surface area contributed by atoms with Crippen LogP contribution in [0.1, 0.15) is 2.85 Å². The van der Waals surface area contributed by atoms with Gasteiger partial charge in [-0.3, -0.25) is 0 Å². The molecule has 0 bridgehead atoms. The fourth-order valence-electron chi connectivity index (χ4n) is 0. The molecule has 0 atom stereocenters. The van der Waals surface area contributed by atoms with Crippen LogP contribution in [0.25, 0.3) is 0 Å². The van der Waals surface area contributed by atoms with Crippen molar-refractivity contribution in [2.75, 3.05) is 0 Å². The maximum absolute atomic E-state index is 8.36. The van der Waals surface area contributed by atoms with Gasteiger partial charge in [0.1, 0.15) is 0 Å². The van der Waals surface area contributed by atoms with Gasteiger partial charge in [-0.15, -0.1) is 10.1 Å². The molecular formula is H3CaLaNO3.